The Kier molecular flexibility index (Phi) is 7.91. The summed E-state index contributed by atoms with van der Waals surface area (Å²) in [5.74, 6) is -0.637. The molecule has 29 heavy (non-hydrogen) atoms. The molecule has 7 N–H and O–H groups in total. The van der Waals surface area contributed by atoms with Crippen LogP contribution in [0.1, 0.15) is 35.6 Å². The summed E-state index contributed by atoms with van der Waals surface area (Å²) in [4.78, 5) is 24.5. The van der Waals surface area contributed by atoms with Crippen LogP contribution in [0, 0.1) is 12.3 Å². The van der Waals surface area contributed by atoms with Crippen LogP contribution in [0.2, 0.25) is 0 Å². The average molecular weight is 396 g/mol. The molecule has 2 atom stereocenters. The number of nitrogens with one attached hydrogen (secondary N) is 3. The number of aryl methyl sites for hydroxylation is 2. The van der Waals surface area contributed by atoms with E-state index < -0.39 is 12.1 Å². The maximum absolute atomic E-state index is 12.3. The molecule has 0 saturated carbocycles. The van der Waals surface area contributed by atoms with Crippen molar-refractivity contribution in [3.05, 3.63) is 70.8 Å². The molecule has 0 aliphatic rings. The van der Waals surface area contributed by atoms with Crippen molar-refractivity contribution in [1.82, 2.24) is 10.6 Å². The second kappa shape index (κ2) is 10.4. The fourth-order valence-electron chi connectivity index (χ4n) is 2.85. The van der Waals surface area contributed by atoms with Crippen LogP contribution in [0.15, 0.2) is 48.5 Å². The summed E-state index contributed by atoms with van der Waals surface area (Å²) in [5.41, 5.74) is 15.2. The third-order valence-corrected chi connectivity index (χ3v) is 4.65. The minimum absolute atomic E-state index is 0.00402. The Morgan fingerprint density at radius 2 is 1.76 bits per heavy atom. The standard InChI is InChI=1S/C22H29N5O2/c1-14-4-3-5-16(12-14)8-11-19(23)22(29)27-15(2)21(28)26-13-17-6-9-18(10-7-17)20(24)25/h3-7,9-10,12,15,19H,8,11,13,23H2,1-2H3,(H3,24,25)(H,26,28)(H,27,29)/t15-,19+/m0/s1. The molecule has 2 amide bonds. The van der Waals surface area contributed by atoms with Gasteiger partial charge in [0.05, 0.1) is 6.04 Å². The summed E-state index contributed by atoms with van der Waals surface area (Å²) in [6, 6.07) is 13.8. The first-order valence-electron chi connectivity index (χ1n) is 9.59. The number of nitrogens with two attached hydrogens (primary N) is 2. The fourth-order valence-corrected chi connectivity index (χ4v) is 2.85. The zero-order chi connectivity index (χ0) is 21.4. The number of carbonyl (C=O) groups excluding carboxylic acids is 2. The Morgan fingerprint density at radius 1 is 1.07 bits per heavy atom. The summed E-state index contributed by atoms with van der Waals surface area (Å²) < 4.78 is 0. The Balaban J connectivity index is 1.77. The summed E-state index contributed by atoms with van der Waals surface area (Å²) in [6.45, 7) is 3.96. The molecule has 0 spiro atoms. The highest BCUT2D eigenvalue weighted by molar-refractivity contribution is 5.94. The van der Waals surface area contributed by atoms with Crippen molar-refractivity contribution in [1.29, 1.82) is 5.41 Å². The monoisotopic (exact) mass is 395 g/mol. The zero-order valence-electron chi connectivity index (χ0n) is 16.9. The molecule has 2 aromatic carbocycles. The van der Waals surface area contributed by atoms with Crippen molar-refractivity contribution in [3.8, 4) is 0 Å². The predicted molar refractivity (Wildman–Crippen MR) is 114 cm³/mol. The van der Waals surface area contributed by atoms with Crippen LogP contribution in [0.4, 0.5) is 0 Å². The molecule has 7 heteroatoms. The molecule has 0 radical (unpaired) electrons. The lowest BCUT2D eigenvalue weighted by Gasteiger charge is -2.17. The summed E-state index contributed by atoms with van der Waals surface area (Å²) in [7, 11) is 0. The number of amides is 2. The first kappa shape index (κ1) is 22.1. The largest absolute Gasteiger partial charge is 0.384 e. The van der Waals surface area contributed by atoms with E-state index in [2.05, 4.69) is 16.7 Å². The number of rotatable bonds is 9. The average Bonchev–Trinajstić information content (AvgIpc) is 2.70. The third kappa shape index (κ3) is 7.04. The van der Waals surface area contributed by atoms with Crippen molar-refractivity contribution >= 4 is 17.6 Å². The van der Waals surface area contributed by atoms with E-state index in [4.69, 9.17) is 16.9 Å². The van der Waals surface area contributed by atoms with Crippen LogP contribution < -0.4 is 22.1 Å². The molecule has 154 valence electrons. The van der Waals surface area contributed by atoms with Crippen LogP contribution in [0.3, 0.4) is 0 Å². The van der Waals surface area contributed by atoms with Gasteiger partial charge in [0.25, 0.3) is 0 Å². The fraction of sp³-hybridized carbons (Fsp3) is 0.318. The van der Waals surface area contributed by atoms with E-state index in [1.54, 1.807) is 31.2 Å². The third-order valence-electron chi connectivity index (χ3n) is 4.65. The molecule has 0 aromatic heterocycles. The number of amidine groups is 1. The molecule has 0 bridgehead atoms. The van der Waals surface area contributed by atoms with Crippen LogP contribution in [0.5, 0.6) is 0 Å². The molecule has 7 nitrogen and oxygen atoms in total. The van der Waals surface area contributed by atoms with Gasteiger partial charge < -0.3 is 22.1 Å². The van der Waals surface area contributed by atoms with Gasteiger partial charge in [-0.3, -0.25) is 15.0 Å². The van der Waals surface area contributed by atoms with Gasteiger partial charge in [0.1, 0.15) is 11.9 Å². The van der Waals surface area contributed by atoms with Gasteiger partial charge in [0.15, 0.2) is 0 Å². The lowest BCUT2D eigenvalue weighted by Crippen LogP contribution is -2.50. The summed E-state index contributed by atoms with van der Waals surface area (Å²) in [6.07, 6.45) is 1.21. The molecule has 0 saturated heterocycles. The van der Waals surface area contributed by atoms with Crippen molar-refractivity contribution in [2.24, 2.45) is 11.5 Å². The highest BCUT2D eigenvalue weighted by atomic mass is 16.2. The number of nitrogen functional groups attached to an aromatic ring is 1. The van der Waals surface area contributed by atoms with Gasteiger partial charge >= 0.3 is 0 Å². The number of carbonyl (C=O) groups is 2. The smallest absolute Gasteiger partial charge is 0.242 e. The number of benzene rings is 2. The minimum atomic E-state index is -0.691. The first-order valence-corrected chi connectivity index (χ1v) is 9.59. The van der Waals surface area contributed by atoms with Crippen molar-refractivity contribution in [2.75, 3.05) is 0 Å². The van der Waals surface area contributed by atoms with Gasteiger partial charge in [-0.25, -0.2) is 0 Å². The molecule has 2 aromatic rings. The van der Waals surface area contributed by atoms with Gasteiger partial charge in [0, 0.05) is 12.1 Å². The molecule has 2 rings (SSSR count). The van der Waals surface area contributed by atoms with Crippen molar-refractivity contribution in [2.45, 2.75) is 45.3 Å². The number of hydrogen-bond donors (Lipinski definition) is 5. The molecule has 0 aliphatic carbocycles. The van der Waals surface area contributed by atoms with Crippen molar-refractivity contribution < 1.29 is 9.59 Å². The topological polar surface area (TPSA) is 134 Å². The van der Waals surface area contributed by atoms with E-state index in [9.17, 15) is 9.59 Å². The van der Waals surface area contributed by atoms with E-state index in [0.717, 1.165) is 11.1 Å². The maximum Gasteiger partial charge on any atom is 0.242 e. The highest BCUT2D eigenvalue weighted by Crippen LogP contribution is 2.08. The van der Waals surface area contributed by atoms with E-state index in [1.165, 1.54) is 5.56 Å². The Hall–Kier alpha value is -3.19. The normalized spacial score (nSPS) is 12.7. The minimum Gasteiger partial charge on any atom is -0.384 e. The van der Waals surface area contributed by atoms with Gasteiger partial charge in [-0.2, -0.15) is 0 Å². The lowest BCUT2D eigenvalue weighted by molar-refractivity contribution is -0.129. The molecular weight excluding hydrogens is 366 g/mol. The van der Waals surface area contributed by atoms with Crippen LogP contribution in [-0.2, 0) is 22.6 Å². The lowest BCUT2D eigenvalue weighted by atomic mass is 10.0. The second-order valence-electron chi connectivity index (χ2n) is 7.19. The predicted octanol–water partition coefficient (Wildman–Crippen LogP) is 1.36. The van der Waals surface area contributed by atoms with E-state index >= 15 is 0 Å². The SMILES string of the molecule is Cc1cccc(CC[C@@H](N)C(=O)N[C@@H](C)C(=O)NCc2ccc(C(=N)N)cc2)c1. The second-order valence-corrected chi connectivity index (χ2v) is 7.19. The number of hydrogen-bond acceptors (Lipinski definition) is 4. The highest BCUT2D eigenvalue weighted by Gasteiger charge is 2.19. The molecule has 0 unspecified atom stereocenters. The van der Waals surface area contributed by atoms with Crippen LogP contribution in [-0.4, -0.2) is 29.7 Å². The van der Waals surface area contributed by atoms with Gasteiger partial charge in [0.2, 0.25) is 11.8 Å². The molecule has 0 heterocycles. The molecule has 0 aliphatic heterocycles. The molecular formula is C22H29N5O2. The Bertz CT molecular complexity index is 864. The Morgan fingerprint density at radius 3 is 2.38 bits per heavy atom. The van der Waals surface area contributed by atoms with Gasteiger partial charge in [-0.15, -0.1) is 0 Å². The quantitative estimate of drug-likeness (QED) is 0.324. The maximum atomic E-state index is 12.3. The summed E-state index contributed by atoms with van der Waals surface area (Å²) in [5, 5.41) is 12.8. The van der Waals surface area contributed by atoms with E-state index in [1.807, 2.05) is 25.1 Å². The zero-order valence-corrected chi connectivity index (χ0v) is 16.9. The van der Waals surface area contributed by atoms with E-state index in [0.29, 0.717) is 24.9 Å². The van der Waals surface area contributed by atoms with Gasteiger partial charge in [-0.1, -0.05) is 54.1 Å². The van der Waals surface area contributed by atoms with Crippen molar-refractivity contribution in [3.63, 3.8) is 0 Å². The van der Waals surface area contributed by atoms with E-state index in [-0.39, 0.29) is 17.6 Å². The van der Waals surface area contributed by atoms with Crippen LogP contribution >= 0.6 is 0 Å². The summed E-state index contributed by atoms with van der Waals surface area (Å²) >= 11 is 0. The molecule has 0 fully saturated rings. The first-order chi connectivity index (χ1) is 13.8. The van der Waals surface area contributed by atoms with Gasteiger partial charge in [-0.05, 0) is 37.8 Å². The van der Waals surface area contributed by atoms with Crippen LogP contribution in [0.25, 0.3) is 0 Å². The Labute approximate surface area is 171 Å².